The topological polar surface area (TPSA) is 106 Å². The first-order chi connectivity index (χ1) is 9.40. The summed E-state index contributed by atoms with van der Waals surface area (Å²) < 4.78 is 30.0. The van der Waals surface area contributed by atoms with Crippen molar-refractivity contribution in [3.63, 3.8) is 0 Å². The predicted molar refractivity (Wildman–Crippen MR) is 60.5 cm³/mol. The van der Waals surface area contributed by atoms with Crippen LogP contribution in [0.1, 0.15) is 22.7 Å². The maximum absolute atomic E-state index is 12.6. The van der Waals surface area contributed by atoms with Crippen LogP contribution in [0.4, 0.5) is 14.5 Å². The van der Waals surface area contributed by atoms with Crippen molar-refractivity contribution in [2.24, 2.45) is 0 Å². The van der Waals surface area contributed by atoms with Crippen molar-refractivity contribution in [2.45, 2.75) is 6.43 Å². The maximum Gasteiger partial charge on any atom is 0.374 e. The van der Waals surface area contributed by atoms with Crippen LogP contribution in [0.3, 0.4) is 0 Å². The Balaban J connectivity index is 2.53. The second-order valence-electron chi connectivity index (χ2n) is 3.65. The van der Waals surface area contributed by atoms with Gasteiger partial charge in [0, 0.05) is 17.7 Å². The molecule has 1 aromatic heterocycles. The predicted octanol–water partition coefficient (Wildman–Crippen LogP) is 2.89. The minimum atomic E-state index is -3.13. The lowest BCUT2D eigenvalue weighted by Crippen LogP contribution is -1.99. The highest BCUT2D eigenvalue weighted by Crippen LogP contribution is 2.29. The monoisotopic (exact) mass is 284 g/mol. The summed E-state index contributed by atoms with van der Waals surface area (Å²) in [4.78, 5) is 24.1. The van der Waals surface area contributed by atoms with Gasteiger partial charge in [-0.15, -0.1) is 0 Å². The van der Waals surface area contributed by atoms with Crippen LogP contribution in [0.25, 0.3) is 11.5 Å². The Hall–Kier alpha value is -2.84. The number of hydrogen-bond acceptors (Lipinski definition) is 5. The number of nitro benzene ring substituents is 1. The fourth-order valence-electron chi connectivity index (χ4n) is 1.51. The molecule has 20 heavy (non-hydrogen) atoms. The van der Waals surface area contributed by atoms with Crippen LogP contribution >= 0.6 is 0 Å². The average molecular weight is 284 g/mol. The molecule has 0 aliphatic heterocycles. The number of carbonyl (C=O) groups is 1. The number of hydrogen-bond donors (Lipinski definition) is 1. The Kier molecular flexibility index (Phi) is 3.42. The smallest absolute Gasteiger partial charge is 0.374 e. The molecule has 0 atom stereocenters. The molecule has 1 heterocycles. The number of rotatable bonds is 4. The van der Waals surface area contributed by atoms with Gasteiger partial charge in [-0.2, -0.15) is 0 Å². The summed E-state index contributed by atoms with van der Waals surface area (Å²) in [6.07, 6.45) is -3.13. The molecule has 2 rings (SSSR count). The normalized spacial score (nSPS) is 10.8. The third-order valence-electron chi connectivity index (χ3n) is 2.36. The molecule has 0 aliphatic carbocycles. The highest BCUT2D eigenvalue weighted by atomic mass is 19.3. The van der Waals surface area contributed by atoms with Crippen LogP contribution in [0.5, 0.6) is 0 Å². The molecule has 0 spiro atoms. The number of nitrogens with zero attached hydrogens (tertiary/aromatic N) is 2. The summed E-state index contributed by atoms with van der Waals surface area (Å²) in [7, 11) is 0. The molecule has 7 nitrogen and oxygen atoms in total. The Morgan fingerprint density at radius 1 is 1.45 bits per heavy atom. The van der Waals surface area contributed by atoms with E-state index in [1.807, 2.05) is 0 Å². The van der Waals surface area contributed by atoms with Crippen LogP contribution in [-0.4, -0.2) is 21.0 Å². The third-order valence-corrected chi connectivity index (χ3v) is 2.36. The second kappa shape index (κ2) is 5.03. The molecule has 104 valence electrons. The zero-order valence-electron chi connectivity index (χ0n) is 9.62. The van der Waals surface area contributed by atoms with Crippen LogP contribution in [-0.2, 0) is 0 Å². The van der Waals surface area contributed by atoms with E-state index in [-0.39, 0.29) is 11.3 Å². The quantitative estimate of drug-likeness (QED) is 0.683. The van der Waals surface area contributed by atoms with E-state index >= 15 is 0 Å². The van der Waals surface area contributed by atoms with Gasteiger partial charge in [-0.1, -0.05) is 6.07 Å². The molecule has 0 bridgehead atoms. The number of benzene rings is 1. The summed E-state index contributed by atoms with van der Waals surface area (Å²) in [6, 6.07) is 4.88. The Labute approximate surface area is 109 Å². The minimum absolute atomic E-state index is 0.0357. The molecule has 0 fully saturated rings. The molecule has 9 heteroatoms. The Morgan fingerprint density at radius 3 is 2.65 bits per heavy atom. The van der Waals surface area contributed by atoms with E-state index in [4.69, 9.17) is 9.52 Å². The summed E-state index contributed by atoms with van der Waals surface area (Å²) in [5.74, 6) is -3.09. The van der Waals surface area contributed by atoms with Gasteiger partial charge in [0.2, 0.25) is 11.7 Å². The van der Waals surface area contributed by atoms with Crippen molar-refractivity contribution < 1.29 is 28.0 Å². The number of aromatic nitrogens is 1. The first-order valence-corrected chi connectivity index (χ1v) is 5.17. The number of oxazole rings is 1. The minimum Gasteiger partial charge on any atom is -0.475 e. The van der Waals surface area contributed by atoms with Crippen molar-refractivity contribution in [2.75, 3.05) is 0 Å². The third kappa shape index (κ3) is 2.46. The highest BCUT2D eigenvalue weighted by Gasteiger charge is 2.27. The lowest BCUT2D eigenvalue weighted by atomic mass is 10.2. The lowest BCUT2D eigenvalue weighted by Gasteiger charge is -1.95. The van der Waals surface area contributed by atoms with Gasteiger partial charge in [0.25, 0.3) is 12.1 Å². The number of carboxylic acid groups (broad SMARTS) is 1. The largest absolute Gasteiger partial charge is 0.475 e. The van der Waals surface area contributed by atoms with Gasteiger partial charge in [-0.25, -0.2) is 18.6 Å². The number of non-ortho nitro benzene ring substituents is 1. The zero-order valence-corrected chi connectivity index (χ0v) is 9.62. The average Bonchev–Trinajstić information content (AvgIpc) is 2.84. The van der Waals surface area contributed by atoms with E-state index in [0.717, 1.165) is 6.07 Å². The SMILES string of the molecule is O=C(O)c1oc(-c2cccc([N+](=O)[O-])c2)nc1C(F)F. The Morgan fingerprint density at radius 2 is 2.15 bits per heavy atom. The summed E-state index contributed by atoms with van der Waals surface area (Å²) in [5.41, 5.74) is -1.27. The lowest BCUT2D eigenvalue weighted by molar-refractivity contribution is -0.384. The molecule has 0 saturated heterocycles. The molecule has 1 N–H and O–H groups in total. The molecule has 0 radical (unpaired) electrons. The second-order valence-corrected chi connectivity index (χ2v) is 3.65. The Bertz CT molecular complexity index is 683. The van der Waals surface area contributed by atoms with Crippen LogP contribution in [0.15, 0.2) is 28.7 Å². The number of aromatic carboxylic acids is 1. The molecule has 0 aliphatic rings. The molecule has 0 amide bonds. The van der Waals surface area contributed by atoms with Crippen molar-refractivity contribution in [1.29, 1.82) is 0 Å². The van der Waals surface area contributed by atoms with Crippen molar-refractivity contribution in [1.82, 2.24) is 4.98 Å². The summed E-state index contributed by atoms with van der Waals surface area (Å²) in [5, 5.41) is 19.4. The summed E-state index contributed by atoms with van der Waals surface area (Å²) >= 11 is 0. The van der Waals surface area contributed by atoms with Crippen molar-refractivity contribution >= 4 is 11.7 Å². The van der Waals surface area contributed by atoms with Crippen LogP contribution in [0, 0.1) is 10.1 Å². The first kappa shape index (κ1) is 13.6. The van der Waals surface area contributed by atoms with Gasteiger partial charge >= 0.3 is 5.97 Å². The molecule has 1 aromatic carbocycles. The molecule has 2 aromatic rings. The standard InChI is InChI=1S/C11H6F2N2O5/c12-9(13)7-8(11(16)17)20-10(14-7)5-2-1-3-6(4-5)15(18)19/h1-4,9H,(H,16,17). The van der Waals surface area contributed by atoms with Gasteiger partial charge in [0.05, 0.1) is 4.92 Å². The van der Waals surface area contributed by atoms with Crippen LogP contribution in [0.2, 0.25) is 0 Å². The van der Waals surface area contributed by atoms with Crippen molar-refractivity contribution in [3.05, 3.63) is 45.8 Å². The van der Waals surface area contributed by atoms with Gasteiger partial charge in [0.15, 0.2) is 5.69 Å². The van der Waals surface area contributed by atoms with Crippen LogP contribution < -0.4 is 0 Å². The van der Waals surface area contributed by atoms with E-state index in [0.29, 0.717) is 0 Å². The first-order valence-electron chi connectivity index (χ1n) is 5.17. The van der Waals surface area contributed by atoms with Gasteiger partial charge in [0.1, 0.15) is 0 Å². The van der Waals surface area contributed by atoms with E-state index in [9.17, 15) is 23.7 Å². The number of alkyl halides is 2. The maximum atomic E-state index is 12.6. The molecule has 0 unspecified atom stereocenters. The number of nitro groups is 1. The summed E-state index contributed by atoms with van der Waals surface area (Å²) in [6.45, 7) is 0. The van der Waals surface area contributed by atoms with E-state index in [1.54, 1.807) is 0 Å². The fraction of sp³-hybridized carbons (Fsp3) is 0.0909. The van der Waals surface area contributed by atoms with E-state index < -0.39 is 34.7 Å². The van der Waals surface area contributed by atoms with E-state index in [1.165, 1.54) is 18.2 Å². The van der Waals surface area contributed by atoms with Gasteiger partial charge < -0.3 is 9.52 Å². The fourth-order valence-corrected chi connectivity index (χ4v) is 1.51. The van der Waals surface area contributed by atoms with Crippen molar-refractivity contribution in [3.8, 4) is 11.5 Å². The van der Waals surface area contributed by atoms with E-state index in [2.05, 4.69) is 4.98 Å². The van der Waals surface area contributed by atoms with Gasteiger partial charge in [-0.3, -0.25) is 10.1 Å². The van der Waals surface area contributed by atoms with Gasteiger partial charge in [-0.05, 0) is 6.07 Å². The highest BCUT2D eigenvalue weighted by molar-refractivity contribution is 5.86. The number of carboxylic acids is 1. The number of halogens is 2. The molecular weight excluding hydrogens is 278 g/mol. The molecular formula is C11H6F2N2O5. The molecule has 0 saturated carbocycles. The zero-order chi connectivity index (χ0) is 14.9.